The van der Waals surface area contributed by atoms with Gasteiger partial charge in [-0.2, -0.15) is 13.2 Å². The van der Waals surface area contributed by atoms with Crippen molar-refractivity contribution in [1.82, 2.24) is 4.98 Å². The summed E-state index contributed by atoms with van der Waals surface area (Å²) < 4.78 is 40.5. The third kappa shape index (κ3) is 3.09. The molecule has 2 aromatic rings. The second-order valence-corrected chi connectivity index (χ2v) is 3.40. The van der Waals surface area contributed by atoms with Gasteiger partial charge in [0.25, 0.3) is 0 Å². The van der Waals surface area contributed by atoms with Gasteiger partial charge in [-0.15, -0.1) is 0 Å². The van der Waals surface area contributed by atoms with Crippen LogP contribution in [0.2, 0.25) is 0 Å². The second-order valence-electron chi connectivity index (χ2n) is 3.40. The molecular weight excluding hydrogens is 249 g/mol. The molecule has 94 valence electrons. The lowest BCUT2D eigenvalue weighted by Crippen LogP contribution is -2.10. The molecule has 1 heterocycles. The van der Waals surface area contributed by atoms with Gasteiger partial charge in [-0.05, 0) is 18.2 Å². The van der Waals surface area contributed by atoms with Crippen LogP contribution in [0.1, 0.15) is 0 Å². The summed E-state index contributed by atoms with van der Waals surface area (Å²) in [4.78, 5) is 15.0. The van der Waals surface area contributed by atoms with Crippen LogP contribution in [0.15, 0.2) is 41.2 Å². The number of rotatable bonds is 2. The molecule has 1 aromatic heterocycles. The first-order valence-corrected chi connectivity index (χ1v) is 4.84. The van der Waals surface area contributed by atoms with Gasteiger partial charge < -0.3 is 9.73 Å². The van der Waals surface area contributed by atoms with Gasteiger partial charge >= 0.3 is 6.18 Å². The fourth-order valence-corrected chi connectivity index (χ4v) is 1.29. The number of benzene rings is 1. The molecular formula is C11H7F3N2O2. The molecule has 0 saturated heterocycles. The van der Waals surface area contributed by atoms with Crippen molar-refractivity contribution in [2.24, 2.45) is 0 Å². The fraction of sp³-hybridized carbons (Fsp3) is 0.0909. The lowest BCUT2D eigenvalue weighted by atomic mass is 10.3. The Kier molecular flexibility index (Phi) is 3.05. The van der Waals surface area contributed by atoms with Gasteiger partial charge in [0.2, 0.25) is 5.91 Å². The van der Waals surface area contributed by atoms with E-state index in [-0.39, 0.29) is 6.08 Å². The van der Waals surface area contributed by atoms with Crippen molar-refractivity contribution in [3.63, 3.8) is 0 Å². The summed E-state index contributed by atoms with van der Waals surface area (Å²) >= 11 is 0. The Balaban J connectivity index is 2.09. The number of fused-ring (bicyclic) bond motifs is 1. The number of carbonyl (C=O) groups is 1. The molecule has 0 fully saturated rings. The molecule has 0 saturated carbocycles. The summed E-state index contributed by atoms with van der Waals surface area (Å²) in [6, 6.07) is 4.57. The van der Waals surface area contributed by atoms with Gasteiger partial charge in [-0.3, -0.25) is 4.79 Å². The van der Waals surface area contributed by atoms with E-state index in [0.29, 0.717) is 22.9 Å². The summed E-state index contributed by atoms with van der Waals surface area (Å²) in [6.45, 7) is 0. The van der Waals surface area contributed by atoms with Gasteiger partial charge in [0, 0.05) is 17.8 Å². The SMILES string of the molecule is O=C(/C=C/C(F)(F)F)Nc1ccc2ocnc2c1. The summed E-state index contributed by atoms with van der Waals surface area (Å²) in [5, 5.41) is 2.29. The van der Waals surface area contributed by atoms with Crippen LogP contribution in [0, 0.1) is 0 Å². The Morgan fingerprint density at radius 2 is 2.17 bits per heavy atom. The molecule has 0 unspecified atom stereocenters. The normalized spacial score (nSPS) is 12.2. The molecule has 7 heteroatoms. The van der Waals surface area contributed by atoms with E-state index in [1.165, 1.54) is 18.5 Å². The Hall–Kier alpha value is -2.31. The Labute approximate surface area is 99.1 Å². The zero-order valence-corrected chi connectivity index (χ0v) is 8.86. The van der Waals surface area contributed by atoms with Crippen molar-refractivity contribution in [2.45, 2.75) is 6.18 Å². The number of oxazole rings is 1. The Morgan fingerprint density at radius 3 is 2.89 bits per heavy atom. The molecule has 18 heavy (non-hydrogen) atoms. The van der Waals surface area contributed by atoms with Crippen LogP contribution in [0.5, 0.6) is 0 Å². The van der Waals surface area contributed by atoms with Crippen LogP contribution >= 0.6 is 0 Å². The van der Waals surface area contributed by atoms with E-state index in [1.54, 1.807) is 6.07 Å². The van der Waals surface area contributed by atoms with Crippen LogP contribution in [0.3, 0.4) is 0 Å². The standard InChI is InChI=1S/C11H7F3N2O2/c12-11(13,14)4-3-10(17)16-7-1-2-9-8(5-7)15-6-18-9/h1-6H,(H,16,17)/b4-3+. The van der Waals surface area contributed by atoms with Crippen molar-refractivity contribution in [3.05, 3.63) is 36.7 Å². The molecule has 1 N–H and O–H groups in total. The molecule has 0 atom stereocenters. The smallest absolute Gasteiger partial charge is 0.409 e. The van der Waals surface area contributed by atoms with Gasteiger partial charge in [0.15, 0.2) is 12.0 Å². The van der Waals surface area contributed by atoms with E-state index in [9.17, 15) is 18.0 Å². The molecule has 4 nitrogen and oxygen atoms in total. The highest BCUT2D eigenvalue weighted by Crippen LogP contribution is 2.18. The summed E-state index contributed by atoms with van der Waals surface area (Å²) in [6.07, 6.45) is -2.98. The van der Waals surface area contributed by atoms with Crippen molar-refractivity contribution < 1.29 is 22.4 Å². The number of nitrogens with one attached hydrogen (secondary N) is 1. The number of aromatic nitrogens is 1. The van der Waals surface area contributed by atoms with E-state index in [0.717, 1.165) is 0 Å². The fourth-order valence-electron chi connectivity index (χ4n) is 1.29. The van der Waals surface area contributed by atoms with Crippen molar-refractivity contribution in [1.29, 1.82) is 0 Å². The van der Waals surface area contributed by atoms with E-state index >= 15 is 0 Å². The monoisotopic (exact) mass is 256 g/mol. The minimum Gasteiger partial charge on any atom is -0.443 e. The van der Waals surface area contributed by atoms with Crippen molar-refractivity contribution in [2.75, 3.05) is 5.32 Å². The van der Waals surface area contributed by atoms with E-state index < -0.39 is 12.1 Å². The van der Waals surface area contributed by atoms with E-state index in [1.807, 2.05) is 0 Å². The number of allylic oxidation sites excluding steroid dienone is 1. The van der Waals surface area contributed by atoms with E-state index in [4.69, 9.17) is 4.42 Å². The van der Waals surface area contributed by atoms with Crippen molar-refractivity contribution in [3.8, 4) is 0 Å². The molecule has 2 rings (SSSR count). The molecule has 0 aliphatic heterocycles. The van der Waals surface area contributed by atoms with Crippen LogP contribution in [0.25, 0.3) is 11.1 Å². The quantitative estimate of drug-likeness (QED) is 0.840. The number of anilines is 1. The first kappa shape index (κ1) is 12.2. The summed E-state index contributed by atoms with van der Waals surface area (Å²) in [5.41, 5.74) is 1.37. The van der Waals surface area contributed by atoms with Crippen LogP contribution in [-0.4, -0.2) is 17.1 Å². The maximum atomic E-state index is 11.8. The average molecular weight is 256 g/mol. The summed E-state index contributed by atoms with van der Waals surface area (Å²) in [5.74, 6) is -0.866. The van der Waals surface area contributed by atoms with Gasteiger partial charge in [0.05, 0.1) is 0 Å². The second kappa shape index (κ2) is 4.52. The van der Waals surface area contributed by atoms with Gasteiger partial charge in [-0.1, -0.05) is 0 Å². The highest BCUT2D eigenvalue weighted by atomic mass is 19.4. The first-order valence-electron chi connectivity index (χ1n) is 4.84. The highest BCUT2D eigenvalue weighted by molar-refractivity contribution is 6.00. The zero-order chi connectivity index (χ0) is 13.2. The minimum absolute atomic E-state index is 0.128. The zero-order valence-electron chi connectivity index (χ0n) is 8.86. The molecule has 0 spiro atoms. The molecule has 1 amide bonds. The van der Waals surface area contributed by atoms with Crippen molar-refractivity contribution >= 4 is 22.7 Å². The predicted octanol–water partition coefficient (Wildman–Crippen LogP) is 2.88. The minimum atomic E-state index is -4.51. The topological polar surface area (TPSA) is 55.1 Å². The number of amides is 1. The van der Waals surface area contributed by atoms with Gasteiger partial charge in [-0.25, -0.2) is 4.98 Å². The molecule has 0 aliphatic carbocycles. The summed E-state index contributed by atoms with van der Waals surface area (Å²) in [7, 11) is 0. The Bertz CT molecular complexity index is 602. The highest BCUT2D eigenvalue weighted by Gasteiger charge is 2.22. The van der Waals surface area contributed by atoms with Crippen LogP contribution < -0.4 is 5.32 Å². The molecule has 0 radical (unpaired) electrons. The largest absolute Gasteiger partial charge is 0.443 e. The maximum Gasteiger partial charge on any atom is 0.409 e. The third-order valence-corrected chi connectivity index (χ3v) is 2.02. The van der Waals surface area contributed by atoms with Gasteiger partial charge in [0.1, 0.15) is 5.52 Å². The molecule has 0 aliphatic rings. The number of halogens is 3. The van der Waals surface area contributed by atoms with Crippen LogP contribution in [0.4, 0.5) is 18.9 Å². The first-order chi connectivity index (χ1) is 8.44. The maximum absolute atomic E-state index is 11.8. The average Bonchev–Trinajstić information content (AvgIpc) is 2.72. The third-order valence-electron chi connectivity index (χ3n) is 2.02. The number of alkyl halides is 3. The number of carbonyl (C=O) groups excluding carboxylic acids is 1. The number of hydrogen-bond donors (Lipinski definition) is 1. The van der Waals surface area contributed by atoms with E-state index in [2.05, 4.69) is 10.3 Å². The molecule has 1 aromatic carbocycles. The number of nitrogens with zero attached hydrogens (tertiary/aromatic N) is 1. The van der Waals surface area contributed by atoms with Crippen LogP contribution in [-0.2, 0) is 4.79 Å². The Morgan fingerprint density at radius 1 is 1.39 bits per heavy atom. The predicted molar refractivity (Wildman–Crippen MR) is 57.8 cm³/mol. The number of hydrogen-bond acceptors (Lipinski definition) is 3. The lowest BCUT2D eigenvalue weighted by molar-refractivity contribution is -0.112. The molecule has 0 bridgehead atoms. The lowest BCUT2D eigenvalue weighted by Gasteiger charge is -2.02.